The minimum absolute atomic E-state index is 0.0287. The van der Waals surface area contributed by atoms with E-state index in [1.165, 1.54) is 0 Å². The van der Waals surface area contributed by atoms with Crippen molar-refractivity contribution in [3.63, 3.8) is 0 Å². The van der Waals surface area contributed by atoms with Gasteiger partial charge in [-0.2, -0.15) is 57.1 Å². The summed E-state index contributed by atoms with van der Waals surface area (Å²) in [6.45, 7) is 0.585. The molecule has 0 radical (unpaired) electrons. The molecule has 2 fully saturated rings. The van der Waals surface area contributed by atoms with Gasteiger partial charge in [-0.1, -0.05) is 26.2 Å². The third-order valence-electron chi connectivity index (χ3n) is 6.91. The van der Waals surface area contributed by atoms with E-state index in [0.717, 1.165) is 0 Å². The molecule has 0 aromatic heterocycles. The summed E-state index contributed by atoms with van der Waals surface area (Å²) in [5.74, 6) is -24.8. The van der Waals surface area contributed by atoms with E-state index in [1.807, 2.05) is 0 Å². The van der Waals surface area contributed by atoms with Crippen molar-refractivity contribution in [1.29, 1.82) is 0 Å². The van der Waals surface area contributed by atoms with Crippen LogP contribution in [0.25, 0.3) is 0 Å². The number of ether oxygens (including phenoxy) is 2. The van der Waals surface area contributed by atoms with Gasteiger partial charge in [0.2, 0.25) is 11.7 Å². The first-order chi connectivity index (χ1) is 15.9. The molecule has 1 saturated carbocycles. The van der Waals surface area contributed by atoms with Gasteiger partial charge in [-0.3, -0.25) is 4.79 Å². The highest BCUT2D eigenvalue weighted by atomic mass is 19.4. The molecule has 0 aromatic rings. The Labute approximate surface area is 195 Å². The standard InChI is InChI=1S/C19H21F13O4/c1-3-12(2,17(24,25)26)11(33)35-10-14(20,21)13(18(27,28)29,9-7-5-4-6-8-9)36-16(34,15(10,22)23)19(30,31)32/h9-10,34H,3-8H2,1-2H3. The highest BCUT2D eigenvalue weighted by Gasteiger charge is 2.92. The van der Waals surface area contributed by atoms with E-state index < -0.39 is 84.4 Å². The number of aliphatic hydroxyl groups is 1. The molecule has 36 heavy (non-hydrogen) atoms. The smallest absolute Gasteiger partial charge is 0.448 e. The lowest BCUT2D eigenvalue weighted by Crippen LogP contribution is -2.84. The maximum absolute atomic E-state index is 15.5. The lowest BCUT2D eigenvalue weighted by Gasteiger charge is -2.58. The van der Waals surface area contributed by atoms with Crippen LogP contribution in [-0.2, 0) is 14.3 Å². The zero-order valence-electron chi connectivity index (χ0n) is 18.5. The monoisotopic (exact) mass is 560 g/mol. The van der Waals surface area contributed by atoms with E-state index >= 15 is 8.78 Å². The highest BCUT2D eigenvalue weighted by molar-refractivity contribution is 5.77. The minimum Gasteiger partial charge on any atom is -0.448 e. The van der Waals surface area contributed by atoms with Crippen molar-refractivity contribution in [2.45, 2.75) is 100 Å². The van der Waals surface area contributed by atoms with E-state index in [0.29, 0.717) is 6.92 Å². The molecule has 1 saturated heterocycles. The van der Waals surface area contributed by atoms with Crippen LogP contribution in [0.2, 0.25) is 0 Å². The number of esters is 1. The lowest BCUT2D eigenvalue weighted by atomic mass is 9.68. The van der Waals surface area contributed by atoms with Gasteiger partial charge in [0.05, 0.1) is 0 Å². The van der Waals surface area contributed by atoms with Crippen LogP contribution in [0.5, 0.6) is 0 Å². The summed E-state index contributed by atoms with van der Waals surface area (Å²) in [5, 5.41) is 9.76. The van der Waals surface area contributed by atoms with Gasteiger partial charge < -0.3 is 14.6 Å². The van der Waals surface area contributed by atoms with Crippen molar-refractivity contribution in [3.05, 3.63) is 0 Å². The Morgan fingerprint density at radius 3 is 1.72 bits per heavy atom. The molecule has 2 rings (SSSR count). The van der Waals surface area contributed by atoms with Gasteiger partial charge in [0.25, 0.3) is 0 Å². The topological polar surface area (TPSA) is 55.8 Å². The van der Waals surface area contributed by atoms with Crippen molar-refractivity contribution in [2.75, 3.05) is 0 Å². The number of carbonyl (C=O) groups is 1. The molecular formula is C19H21F13O4. The number of hydrogen-bond donors (Lipinski definition) is 1. The molecule has 4 unspecified atom stereocenters. The molecule has 0 amide bonds. The highest BCUT2D eigenvalue weighted by Crippen LogP contribution is 2.65. The summed E-state index contributed by atoms with van der Waals surface area (Å²) in [6, 6.07) is 0. The van der Waals surface area contributed by atoms with Gasteiger partial charge in [0.15, 0.2) is 5.41 Å². The van der Waals surface area contributed by atoms with Crippen LogP contribution in [0.15, 0.2) is 0 Å². The Balaban J connectivity index is 2.87. The fraction of sp³-hybridized carbons (Fsp3) is 0.947. The summed E-state index contributed by atoms with van der Waals surface area (Å²) in [4.78, 5) is 12.2. The van der Waals surface area contributed by atoms with Gasteiger partial charge in [-0.15, -0.1) is 0 Å². The Morgan fingerprint density at radius 2 is 1.36 bits per heavy atom. The molecule has 2 aliphatic rings. The van der Waals surface area contributed by atoms with Crippen LogP contribution in [-0.4, -0.2) is 58.9 Å². The molecule has 1 N–H and O–H groups in total. The molecule has 0 aromatic carbocycles. The molecule has 0 spiro atoms. The third kappa shape index (κ3) is 4.11. The zero-order chi connectivity index (χ0) is 28.4. The molecular weight excluding hydrogens is 539 g/mol. The van der Waals surface area contributed by atoms with Crippen molar-refractivity contribution in [1.82, 2.24) is 0 Å². The fourth-order valence-electron chi connectivity index (χ4n) is 4.40. The largest absolute Gasteiger partial charge is 0.449 e. The van der Waals surface area contributed by atoms with Crippen molar-refractivity contribution in [2.24, 2.45) is 11.3 Å². The summed E-state index contributed by atoms with van der Waals surface area (Å²) in [6.07, 6.45) is -28.0. The van der Waals surface area contributed by atoms with Gasteiger partial charge in [0, 0.05) is 5.92 Å². The summed E-state index contributed by atoms with van der Waals surface area (Å²) >= 11 is 0. The first-order valence-corrected chi connectivity index (χ1v) is 10.5. The fourth-order valence-corrected chi connectivity index (χ4v) is 4.40. The van der Waals surface area contributed by atoms with Crippen LogP contribution < -0.4 is 0 Å². The number of halogens is 13. The van der Waals surface area contributed by atoms with Gasteiger partial charge in [0.1, 0.15) is 0 Å². The molecule has 0 bridgehead atoms. The van der Waals surface area contributed by atoms with Crippen LogP contribution in [0.1, 0.15) is 52.4 Å². The number of hydrogen-bond acceptors (Lipinski definition) is 4. The average Bonchev–Trinajstić information content (AvgIpc) is 2.71. The first kappa shape index (κ1) is 30.7. The van der Waals surface area contributed by atoms with Gasteiger partial charge in [-0.05, 0) is 26.2 Å². The number of carbonyl (C=O) groups excluding carboxylic acids is 1. The van der Waals surface area contributed by atoms with E-state index in [1.54, 1.807) is 0 Å². The molecule has 1 heterocycles. The Bertz CT molecular complexity index is 831. The second-order valence-corrected chi connectivity index (χ2v) is 9.03. The quantitative estimate of drug-likeness (QED) is 0.324. The first-order valence-electron chi connectivity index (χ1n) is 10.5. The van der Waals surface area contributed by atoms with Crippen molar-refractivity contribution < 1.29 is 76.5 Å². The third-order valence-corrected chi connectivity index (χ3v) is 6.91. The van der Waals surface area contributed by atoms with E-state index in [-0.39, 0.29) is 26.2 Å². The van der Waals surface area contributed by atoms with Crippen molar-refractivity contribution in [3.8, 4) is 0 Å². The van der Waals surface area contributed by atoms with Gasteiger partial charge >= 0.3 is 42.1 Å². The Hall–Kier alpha value is -1.52. The lowest BCUT2D eigenvalue weighted by molar-refractivity contribution is -0.548. The van der Waals surface area contributed by atoms with Crippen LogP contribution >= 0.6 is 0 Å². The maximum atomic E-state index is 15.5. The predicted molar refractivity (Wildman–Crippen MR) is 91.7 cm³/mol. The SMILES string of the molecule is CCC(C)(C(=O)OC1C(F)(F)C(O)(C(F)(F)F)OC(C2CCCCC2)(C(F)(F)F)C1(F)F)C(F)(F)F. The summed E-state index contributed by atoms with van der Waals surface area (Å²) in [7, 11) is 0. The Morgan fingerprint density at radius 1 is 0.889 bits per heavy atom. The molecule has 17 heteroatoms. The molecule has 4 atom stereocenters. The second kappa shape index (κ2) is 8.76. The van der Waals surface area contributed by atoms with Crippen LogP contribution in [0.4, 0.5) is 57.1 Å². The number of rotatable bonds is 4. The zero-order valence-corrected chi connectivity index (χ0v) is 18.5. The molecule has 1 aliphatic carbocycles. The molecule has 1 aliphatic heterocycles. The normalized spacial score (nSPS) is 33.6. The molecule has 4 nitrogen and oxygen atoms in total. The summed E-state index contributed by atoms with van der Waals surface area (Å²) in [5.41, 5.74) is -9.38. The minimum atomic E-state index is -6.90. The second-order valence-electron chi connectivity index (χ2n) is 9.03. The van der Waals surface area contributed by atoms with E-state index in [9.17, 15) is 58.2 Å². The molecule has 212 valence electrons. The van der Waals surface area contributed by atoms with E-state index in [2.05, 4.69) is 9.47 Å². The van der Waals surface area contributed by atoms with Crippen molar-refractivity contribution >= 4 is 5.97 Å². The average molecular weight is 560 g/mol. The number of alkyl halides is 13. The van der Waals surface area contributed by atoms with Crippen LogP contribution in [0, 0.1) is 11.3 Å². The predicted octanol–water partition coefficient (Wildman–Crippen LogP) is 6.31. The summed E-state index contributed by atoms with van der Waals surface area (Å²) < 4.78 is 191. The van der Waals surface area contributed by atoms with E-state index in [4.69, 9.17) is 0 Å². The van der Waals surface area contributed by atoms with Crippen LogP contribution in [0.3, 0.4) is 0 Å². The van der Waals surface area contributed by atoms with Gasteiger partial charge in [-0.25, -0.2) is 0 Å². The Kier molecular flexibility index (Phi) is 7.48. The maximum Gasteiger partial charge on any atom is 0.449 e.